The molecule has 0 saturated heterocycles. The molecule has 3 heterocycles. The number of pyridine rings is 1. The number of aromatic nitrogens is 3. The van der Waals surface area contributed by atoms with Gasteiger partial charge in [0.05, 0.1) is 6.20 Å². The number of nitrogens with zero attached hydrogens (tertiary/aromatic N) is 4. The van der Waals surface area contributed by atoms with Crippen molar-refractivity contribution in [3.8, 4) is 6.07 Å². The van der Waals surface area contributed by atoms with E-state index in [-0.39, 0.29) is 23.8 Å². The van der Waals surface area contributed by atoms with Crippen molar-refractivity contribution < 1.29 is 9.21 Å². The van der Waals surface area contributed by atoms with Crippen molar-refractivity contribution in [3.05, 3.63) is 47.9 Å². The van der Waals surface area contributed by atoms with Crippen LogP contribution in [0.25, 0.3) is 11.0 Å². The fourth-order valence-electron chi connectivity index (χ4n) is 5.60. The summed E-state index contributed by atoms with van der Waals surface area (Å²) >= 11 is 0. The molecular weight excluding hydrogens is 380 g/mol. The fourth-order valence-corrected chi connectivity index (χ4v) is 5.60. The van der Waals surface area contributed by atoms with E-state index in [2.05, 4.69) is 25.6 Å². The number of nitrogens with one attached hydrogen (secondary N) is 2. The van der Waals surface area contributed by atoms with Gasteiger partial charge in [0, 0.05) is 35.9 Å². The molecule has 5 atom stereocenters. The Kier molecular flexibility index (Phi) is 3.78. The Labute approximate surface area is 172 Å². The largest absolute Gasteiger partial charge is 0.443 e. The predicted octanol–water partition coefficient (Wildman–Crippen LogP) is 2.88. The number of hydrogen-bond acceptors (Lipinski definition) is 7. The number of nitriles is 1. The minimum Gasteiger partial charge on any atom is -0.443 e. The molecule has 3 saturated carbocycles. The summed E-state index contributed by atoms with van der Waals surface area (Å²) in [5, 5.41) is 16.4. The van der Waals surface area contributed by atoms with Crippen molar-refractivity contribution in [2.75, 3.05) is 5.32 Å². The summed E-state index contributed by atoms with van der Waals surface area (Å²) in [4.78, 5) is 25.2. The van der Waals surface area contributed by atoms with Crippen molar-refractivity contribution in [1.29, 1.82) is 5.26 Å². The van der Waals surface area contributed by atoms with Gasteiger partial charge in [-0.05, 0) is 49.0 Å². The van der Waals surface area contributed by atoms with Crippen LogP contribution in [0.4, 0.5) is 5.82 Å². The van der Waals surface area contributed by atoms with E-state index in [9.17, 15) is 10.1 Å². The van der Waals surface area contributed by atoms with Crippen LogP contribution in [0.3, 0.4) is 0 Å². The number of anilines is 1. The van der Waals surface area contributed by atoms with E-state index in [1.165, 1.54) is 25.6 Å². The number of carbonyl (C=O) groups excluding carboxylic acids is 1. The van der Waals surface area contributed by atoms with Crippen LogP contribution in [-0.4, -0.2) is 26.9 Å². The highest BCUT2D eigenvalue weighted by molar-refractivity contribution is 6.08. The molecule has 8 heteroatoms. The Hall–Kier alpha value is -3.47. The number of furan rings is 1. The lowest BCUT2D eigenvalue weighted by Crippen LogP contribution is -2.30. The maximum atomic E-state index is 12.9. The standard InChI is InChI=1S/C22H20N6O2/c23-5-17-21(22(29)27-8-11-6-24-10-25-7-11)16-4-19(26-9-18(16)30-17)28-13-1-12-2-14-15(3-13)20(12)14/h4,6-7,9-10,12-15,20H,1-3,8H2,(H,26,28)(H,27,29). The van der Waals surface area contributed by atoms with Crippen LogP contribution in [0.15, 0.2) is 35.4 Å². The fraction of sp³-hybridized carbons (Fsp3) is 0.409. The molecule has 8 nitrogen and oxygen atoms in total. The van der Waals surface area contributed by atoms with Crippen molar-refractivity contribution in [2.24, 2.45) is 23.7 Å². The Bertz CT molecular complexity index is 1180. The van der Waals surface area contributed by atoms with Gasteiger partial charge in [0.2, 0.25) is 5.76 Å². The molecule has 0 bridgehead atoms. The zero-order chi connectivity index (χ0) is 20.2. The Morgan fingerprint density at radius 2 is 2.03 bits per heavy atom. The average Bonchev–Trinajstić information content (AvgIpc) is 3.25. The lowest BCUT2D eigenvalue weighted by atomic mass is 9.79. The van der Waals surface area contributed by atoms with Crippen LogP contribution in [-0.2, 0) is 6.54 Å². The second kappa shape index (κ2) is 6.52. The minimum absolute atomic E-state index is 0.00919. The monoisotopic (exact) mass is 400 g/mol. The van der Waals surface area contributed by atoms with E-state index in [0.717, 1.165) is 35.1 Å². The first-order chi connectivity index (χ1) is 14.7. The third kappa shape index (κ3) is 2.73. The van der Waals surface area contributed by atoms with Crippen LogP contribution in [0, 0.1) is 35.0 Å². The third-order valence-electron chi connectivity index (χ3n) is 6.98. The van der Waals surface area contributed by atoms with Gasteiger partial charge in [-0.2, -0.15) is 5.26 Å². The molecule has 3 aliphatic carbocycles. The first-order valence-electron chi connectivity index (χ1n) is 10.3. The summed E-state index contributed by atoms with van der Waals surface area (Å²) in [6, 6.07) is 4.23. The molecule has 6 rings (SSSR count). The van der Waals surface area contributed by atoms with Crippen LogP contribution in [0.1, 0.15) is 40.9 Å². The number of rotatable bonds is 5. The van der Waals surface area contributed by atoms with E-state index in [4.69, 9.17) is 4.42 Å². The summed E-state index contributed by atoms with van der Waals surface area (Å²) in [6.45, 7) is 0.264. The van der Waals surface area contributed by atoms with E-state index in [0.29, 0.717) is 17.0 Å². The summed E-state index contributed by atoms with van der Waals surface area (Å²) in [5.41, 5.74) is 1.44. The molecule has 3 fully saturated rings. The minimum atomic E-state index is -0.370. The van der Waals surface area contributed by atoms with Crippen LogP contribution in [0.5, 0.6) is 0 Å². The van der Waals surface area contributed by atoms with Gasteiger partial charge in [0.15, 0.2) is 5.58 Å². The first-order valence-corrected chi connectivity index (χ1v) is 10.3. The molecular formula is C22H20N6O2. The SMILES string of the molecule is N#Cc1oc2cnc(NC3CC4CC5C(C3)C45)cc2c1C(=O)NCc1cncnc1. The van der Waals surface area contributed by atoms with E-state index < -0.39 is 0 Å². The second-order valence-electron chi connectivity index (χ2n) is 8.63. The van der Waals surface area contributed by atoms with Gasteiger partial charge in [0.1, 0.15) is 23.8 Å². The van der Waals surface area contributed by atoms with E-state index in [1.807, 2.05) is 12.1 Å². The van der Waals surface area contributed by atoms with E-state index in [1.54, 1.807) is 18.6 Å². The topological polar surface area (TPSA) is 117 Å². The van der Waals surface area contributed by atoms with Crippen LogP contribution < -0.4 is 10.6 Å². The number of carbonyl (C=O) groups is 1. The Morgan fingerprint density at radius 1 is 1.20 bits per heavy atom. The average molecular weight is 400 g/mol. The van der Waals surface area contributed by atoms with Crippen LogP contribution in [0.2, 0.25) is 0 Å². The smallest absolute Gasteiger partial charge is 0.256 e. The Balaban J connectivity index is 1.25. The van der Waals surface area contributed by atoms with Crippen molar-refractivity contribution in [3.63, 3.8) is 0 Å². The summed E-state index contributed by atoms with van der Waals surface area (Å²) < 4.78 is 5.58. The summed E-state index contributed by atoms with van der Waals surface area (Å²) in [6.07, 6.45) is 10.1. The highest BCUT2D eigenvalue weighted by Gasteiger charge is 2.65. The zero-order valence-electron chi connectivity index (χ0n) is 16.2. The van der Waals surface area contributed by atoms with Gasteiger partial charge in [-0.1, -0.05) is 0 Å². The number of hydrogen-bond donors (Lipinski definition) is 2. The number of fused-ring (bicyclic) bond motifs is 2. The van der Waals surface area contributed by atoms with Gasteiger partial charge in [0.25, 0.3) is 5.91 Å². The molecule has 3 aromatic rings. The molecule has 30 heavy (non-hydrogen) atoms. The highest BCUT2D eigenvalue weighted by atomic mass is 16.3. The van der Waals surface area contributed by atoms with Crippen LogP contribution >= 0.6 is 0 Å². The van der Waals surface area contributed by atoms with Crippen molar-refractivity contribution >= 4 is 22.7 Å². The maximum Gasteiger partial charge on any atom is 0.256 e. The second-order valence-corrected chi connectivity index (χ2v) is 8.63. The zero-order valence-corrected chi connectivity index (χ0v) is 16.2. The number of amides is 1. The normalized spacial score (nSPS) is 28.2. The molecule has 0 radical (unpaired) electrons. The van der Waals surface area contributed by atoms with Crippen molar-refractivity contribution in [1.82, 2.24) is 20.3 Å². The first kappa shape index (κ1) is 17.4. The van der Waals surface area contributed by atoms with Gasteiger partial charge in [-0.3, -0.25) is 4.79 Å². The highest BCUT2D eigenvalue weighted by Crippen LogP contribution is 2.70. The Morgan fingerprint density at radius 3 is 2.83 bits per heavy atom. The van der Waals surface area contributed by atoms with Gasteiger partial charge < -0.3 is 15.1 Å². The van der Waals surface area contributed by atoms with Crippen molar-refractivity contribution in [2.45, 2.75) is 31.8 Å². The van der Waals surface area contributed by atoms with E-state index >= 15 is 0 Å². The molecule has 0 spiro atoms. The molecule has 3 aliphatic rings. The lowest BCUT2D eigenvalue weighted by molar-refractivity contribution is 0.0951. The third-order valence-corrected chi connectivity index (χ3v) is 6.98. The molecule has 2 N–H and O–H groups in total. The van der Waals surface area contributed by atoms with Gasteiger partial charge >= 0.3 is 0 Å². The molecule has 3 aromatic heterocycles. The lowest BCUT2D eigenvalue weighted by Gasteiger charge is -2.31. The quantitative estimate of drug-likeness (QED) is 0.676. The van der Waals surface area contributed by atoms with Gasteiger partial charge in [-0.15, -0.1) is 0 Å². The molecule has 150 valence electrons. The van der Waals surface area contributed by atoms with Gasteiger partial charge in [-0.25, -0.2) is 15.0 Å². The maximum absolute atomic E-state index is 12.9. The molecule has 5 unspecified atom stereocenters. The predicted molar refractivity (Wildman–Crippen MR) is 107 cm³/mol. The molecule has 1 amide bonds. The summed E-state index contributed by atoms with van der Waals surface area (Å²) in [7, 11) is 0. The molecule has 0 aromatic carbocycles. The molecule has 0 aliphatic heterocycles. The summed E-state index contributed by atoms with van der Waals surface area (Å²) in [5.74, 6) is 4.09.